The maximum atomic E-state index is 5.33. The largest absolute Gasteiger partial charge is 0.309 e. The summed E-state index contributed by atoms with van der Waals surface area (Å²) in [7, 11) is 0. The highest BCUT2D eigenvalue weighted by atomic mass is 32.2. The molecule has 1 atom stereocenters. The number of nitrogens with zero attached hydrogens (tertiary/aromatic N) is 5. The van der Waals surface area contributed by atoms with Crippen molar-refractivity contribution in [2.45, 2.75) is 22.1 Å². The summed E-state index contributed by atoms with van der Waals surface area (Å²) in [6.07, 6.45) is 0. The molecule has 59 heavy (non-hydrogen) atoms. The van der Waals surface area contributed by atoms with Crippen molar-refractivity contribution >= 4 is 55.4 Å². The fraction of sp³-hybridized carbons (Fsp3) is 0.0377. The van der Waals surface area contributed by atoms with Crippen molar-refractivity contribution in [2.24, 2.45) is 0 Å². The molecule has 6 heteroatoms. The third-order valence-corrected chi connectivity index (χ3v) is 13.7. The van der Waals surface area contributed by atoms with Crippen LogP contribution in [0.25, 0.3) is 78.0 Å². The summed E-state index contributed by atoms with van der Waals surface area (Å²) in [6.45, 7) is 2.19. The smallest absolute Gasteiger partial charge is 0.238 e. The van der Waals surface area contributed by atoms with Crippen LogP contribution in [0.15, 0.2) is 192 Å². The summed E-state index contributed by atoms with van der Waals surface area (Å²) in [6, 6.07) is 65.8. The maximum Gasteiger partial charge on any atom is 0.238 e. The molecule has 3 aromatic heterocycles. The minimum absolute atomic E-state index is 0.590. The van der Waals surface area contributed by atoms with E-state index >= 15 is 0 Å². The molecule has 0 radical (unpaired) electrons. The van der Waals surface area contributed by atoms with Gasteiger partial charge in [0.2, 0.25) is 5.95 Å². The SMILES string of the molecule is Cc1ccc2c3cccc4c3n(c2c1)-c1ccccc1C41c2ccccc2Sc2c1ccc1c3ccccc3n(-c3nc(-c4ccccc4)nc(-c4ccccc4)n3)c21. The molecule has 0 N–H and O–H groups in total. The van der Waals surface area contributed by atoms with E-state index in [1.54, 1.807) is 0 Å². The number of aryl methyl sites for hydroxylation is 1. The third-order valence-electron chi connectivity index (χ3n) is 12.5. The molecule has 2 aliphatic heterocycles. The lowest BCUT2D eigenvalue weighted by molar-refractivity contribution is 0.691. The van der Waals surface area contributed by atoms with Gasteiger partial charge in [0.15, 0.2) is 11.6 Å². The number of hydrogen-bond acceptors (Lipinski definition) is 4. The van der Waals surface area contributed by atoms with Crippen molar-refractivity contribution in [3.05, 3.63) is 210 Å². The van der Waals surface area contributed by atoms with Gasteiger partial charge in [-0.25, -0.2) is 4.98 Å². The second-order valence-electron chi connectivity index (χ2n) is 15.6. The Labute approximate surface area is 344 Å². The van der Waals surface area contributed by atoms with Crippen LogP contribution in [0, 0.1) is 6.92 Å². The van der Waals surface area contributed by atoms with E-state index in [1.165, 1.54) is 65.1 Å². The van der Waals surface area contributed by atoms with Crippen LogP contribution >= 0.6 is 11.8 Å². The van der Waals surface area contributed by atoms with Crippen LogP contribution in [0.5, 0.6) is 0 Å². The number of hydrogen-bond donors (Lipinski definition) is 0. The second kappa shape index (κ2) is 12.1. The van der Waals surface area contributed by atoms with Crippen LogP contribution in [0.1, 0.15) is 27.8 Å². The normalized spacial score (nSPS) is 15.2. The molecule has 1 spiro atoms. The Hall–Kier alpha value is -7.28. The molecule has 8 aromatic carbocycles. The molecule has 0 aliphatic carbocycles. The molecule has 11 aromatic rings. The average molecular weight is 772 g/mol. The summed E-state index contributed by atoms with van der Waals surface area (Å²) in [5.74, 6) is 1.86. The van der Waals surface area contributed by atoms with Gasteiger partial charge in [-0.1, -0.05) is 169 Å². The van der Waals surface area contributed by atoms with E-state index in [2.05, 4.69) is 162 Å². The number of aromatic nitrogens is 5. The second-order valence-corrected chi connectivity index (χ2v) is 16.7. The molecule has 0 amide bonds. The highest BCUT2D eigenvalue weighted by Gasteiger charge is 2.50. The first kappa shape index (κ1) is 32.8. The Kier molecular flexibility index (Phi) is 6.73. The number of rotatable bonds is 3. The zero-order chi connectivity index (χ0) is 38.8. The van der Waals surface area contributed by atoms with Crippen LogP contribution in [0.3, 0.4) is 0 Å². The highest BCUT2D eigenvalue weighted by Crippen LogP contribution is 2.62. The molecular formula is C53H33N5S. The van der Waals surface area contributed by atoms with E-state index in [4.69, 9.17) is 15.0 Å². The van der Waals surface area contributed by atoms with Crippen molar-refractivity contribution in [2.75, 3.05) is 0 Å². The molecule has 276 valence electrons. The van der Waals surface area contributed by atoms with E-state index in [9.17, 15) is 0 Å². The van der Waals surface area contributed by atoms with E-state index in [0.29, 0.717) is 17.6 Å². The van der Waals surface area contributed by atoms with Gasteiger partial charge in [0.05, 0.1) is 33.2 Å². The Morgan fingerprint density at radius 2 is 1.05 bits per heavy atom. The zero-order valence-electron chi connectivity index (χ0n) is 32.0. The van der Waals surface area contributed by atoms with E-state index in [-0.39, 0.29) is 0 Å². The van der Waals surface area contributed by atoms with Crippen LogP contribution in [-0.2, 0) is 5.41 Å². The lowest BCUT2D eigenvalue weighted by atomic mass is 9.62. The lowest BCUT2D eigenvalue weighted by Gasteiger charge is -2.45. The van der Waals surface area contributed by atoms with Crippen molar-refractivity contribution < 1.29 is 0 Å². The van der Waals surface area contributed by atoms with Crippen molar-refractivity contribution in [1.29, 1.82) is 0 Å². The minimum Gasteiger partial charge on any atom is -0.309 e. The molecule has 0 saturated carbocycles. The van der Waals surface area contributed by atoms with Crippen LogP contribution in [0.4, 0.5) is 0 Å². The molecule has 13 rings (SSSR count). The first-order valence-corrected chi connectivity index (χ1v) is 20.9. The van der Waals surface area contributed by atoms with Gasteiger partial charge in [-0.2, -0.15) is 9.97 Å². The van der Waals surface area contributed by atoms with Crippen molar-refractivity contribution in [3.63, 3.8) is 0 Å². The van der Waals surface area contributed by atoms with Gasteiger partial charge in [-0.15, -0.1) is 0 Å². The summed E-state index contributed by atoms with van der Waals surface area (Å²) < 4.78 is 4.82. The fourth-order valence-electron chi connectivity index (χ4n) is 10.1. The molecule has 1 unspecified atom stereocenters. The van der Waals surface area contributed by atoms with E-state index in [0.717, 1.165) is 32.9 Å². The van der Waals surface area contributed by atoms with Gasteiger partial charge >= 0.3 is 0 Å². The Balaban J connectivity index is 1.20. The monoisotopic (exact) mass is 771 g/mol. The predicted octanol–water partition coefficient (Wildman–Crippen LogP) is 12.9. The fourth-order valence-corrected chi connectivity index (χ4v) is 11.4. The molecule has 2 aliphatic rings. The van der Waals surface area contributed by atoms with E-state index < -0.39 is 5.41 Å². The van der Waals surface area contributed by atoms with Crippen LogP contribution < -0.4 is 0 Å². The molecule has 0 saturated heterocycles. The third kappa shape index (κ3) is 4.38. The summed E-state index contributed by atoms with van der Waals surface area (Å²) in [4.78, 5) is 18.2. The quantitative estimate of drug-likeness (QED) is 0.179. The predicted molar refractivity (Wildman–Crippen MR) is 240 cm³/mol. The number of fused-ring (bicyclic) bond motifs is 15. The van der Waals surface area contributed by atoms with Gasteiger partial charge in [0, 0.05) is 42.5 Å². The van der Waals surface area contributed by atoms with Gasteiger partial charge < -0.3 is 4.57 Å². The van der Waals surface area contributed by atoms with Gasteiger partial charge in [0.1, 0.15) is 0 Å². The first-order chi connectivity index (χ1) is 29.2. The van der Waals surface area contributed by atoms with Gasteiger partial charge in [-0.3, -0.25) is 4.57 Å². The summed E-state index contributed by atoms with van der Waals surface area (Å²) in [5.41, 5.74) is 13.5. The van der Waals surface area contributed by atoms with Crippen LogP contribution in [-0.4, -0.2) is 24.1 Å². The Bertz CT molecular complexity index is 3490. The summed E-state index contributed by atoms with van der Waals surface area (Å²) in [5, 5.41) is 4.86. The Morgan fingerprint density at radius 3 is 1.85 bits per heavy atom. The van der Waals surface area contributed by atoms with E-state index in [1.807, 2.05) is 48.2 Å². The van der Waals surface area contributed by atoms with Gasteiger partial charge in [0.25, 0.3) is 0 Å². The number of para-hydroxylation sites is 3. The summed E-state index contributed by atoms with van der Waals surface area (Å²) >= 11 is 1.86. The molecule has 0 bridgehead atoms. The zero-order valence-corrected chi connectivity index (χ0v) is 32.8. The standard InChI is InChI=1S/C53H33N5S/c1-32-27-28-36-37-20-14-23-41-47(37)57(45(36)31-32)44-25-12-9-21-39(44)53(41)40-22-10-13-26-46(40)59-49-42(53)30-29-38-35-19-8-11-24-43(35)58(48(38)49)52-55-50(33-15-4-2-5-16-33)54-51(56-52)34-17-6-3-7-18-34/h2-31H,1H3. The molecule has 5 heterocycles. The number of benzene rings is 8. The molecule has 0 fully saturated rings. The van der Waals surface area contributed by atoms with Gasteiger partial charge in [-0.05, 0) is 59.0 Å². The highest BCUT2D eigenvalue weighted by molar-refractivity contribution is 7.99. The average Bonchev–Trinajstić information content (AvgIpc) is 3.82. The van der Waals surface area contributed by atoms with Crippen molar-refractivity contribution in [3.8, 4) is 34.4 Å². The molecule has 5 nitrogen and oxygen atoms in total. The lowest BCUT2D eigenvalue weighted by Crippen LogP contribution is -2.37. The van der Waals surface area contributed by atoms with Crippen molar-refractivity contribution in [1.82, 2.24) is 24.1 Å². The van der Waals surface area contributed by atoms with Crippen LogP contribution in [0.2, 0.25) is 0 Å². The molecular weight excluding hydrogens is 739 g/mol. The minimum atomic E-state index is -0.619. The Morgan fingerprint density at radius 1 is 0.441 bits per heavy atom. The first-order valence-electron chi connectivity index (χ1n) is 20.0. The maximum absolute atomic E-state index is 5.33. The topological polar surface area (TPSA) is 48.5 Å².